The molecule has 0 unspecified atom stereocenters. The predicted molar refractivity (Wildman–Crippen MR) is 50.0 cm³/mol. The van der Waals surface area contributed by atoms with E-state index in [0.29, 0.717) is 11.3 Å². The van der Waals surface area contributed by atoms with Crippen molar-refractivity contribution in [1.82, 2.24) is 0 Å². The highest BCUT2D eigenvalue weighted by Crippen LogP contribution is 2.20. The average molecular weight is 180 g/mol. The second kappa shape index (κ2) is 3.91. The third-order valence-electron chi connectivity index (χ3n) is 1.79. The minimum atomic E-state index is -0.921. The summed E-state index contributed by atoms with van der Waals surface area (Å²) in [4.78, 5) is 10.4. The van der Waals surface area contributed by atoms with Gasteiger partial charge in [-0.1, -0.05) is 18.2 Å². The van der Waals surface area contributed by atoms with Crippen LogP contribution in [0.15, 0.2) is 24.3 Å². The van der Waals surface area contributed by atoms with E-state index in [0.717, 1.165) is 0 Å². The maximum Gasteiger partial charge on any atom is 0.305 e. The fraction of sp³-hybridized carbons (Fsp3) is 0.222. The van der Waals surface area contributed by atoms with Crippen molar-refractivity contribution in [3.8, 4) is 0 Å². The molecule has 0 bridgehead atoms. The first-order valence-corrected chi connectivity index (χ1v) is 3.93. The van der Waals surface area contributed by atoms with Crippen LogP contribution in [0.4, 0.5) is 5.69 Å². The molecule has 70 valence electrons. The molecule has 0 saturated carbocycles. The Kier molecular flexibility index (Phi) is 2.87. The van der Waals surface area contributed by atoms with Crippen molar-refractivity contribution in [3.05, 3.63) is 29.8 Å². The molecular formula is C9H12N2O2. The van der Waals surface area contributed by atoms with Crippen LogP contribution >= 0.6 is 0 Å². The lowest BCUT2D eigenvalue weighted by molar-refractivity contribution is -0.137. The largest absolute Gasteiger partial charge is 0.481 e. The Labute approximate surface area is 76.2 Å². The second-order valence-corrected chi connectivity index (χ2v) is 2.83. The topological polar surface area (TPSA) is 89.3 Å². The Balaban J connectivity index is 2.82. The zero-order valence-electron chi connectivity index (χ0n) is 7.10. The van der Waals surface area contributed by atoms with Gasteiger partial charge in [-0.2, -0.15) is 0 Å². The summed E-state index contributed by atoms with van der Waals surface area (Å²) in [5, 5.41) is 8.52. The van der Waals surface area contributed by atoms with E-state index in [1.165, 1.54) is 0 Å². The summed E-state index contributed by atoms with van der Waals surface area (Å²) in [6.07, 6.45) is -0.103. The van der Waals surface area contributed by atoms with Gasteiger partial charge < -0.3 is 16.6 Å². The first-order valence-electron chi connectivity index (χ1n) is 3.93. The molecule has 13 heavy (non-hydrogen) atoms. The molecule has 1 aromatic rings. The number of carboxylic acids is 1. The van der Waals surface area contributed by atoms with Crippen LogP contribution in [-0.4, -0.2) is 11.1 Å². The zero-order valence-corrected chi connectivity index (χ0v) is 7.10. The molecule has 4 nitrogen and oxygen atoms in total. The van der Waals surface area contributed by atoms with E-state index in [4.69, 9.17) is 16.6 Å². The number of carboxylic acid groups (broad SMARTS) is 1. The van der Waals surface area contributed by atoms with Crippen LogP contribution < -0.4 is 11.5 Å². The lowest BCUT2D eigenvalue weighted by Gasteiger charge is -2.11. The molecule has 5 N–H and O–H groups in total. The highest BCUT2D eigenvalue weighted by Gasteiger charge is 2.12. The Bertz CT molecular complexity index is 312. The van der Waals surface area contributed by atoms with Crippen molar-refractivity contribution >= 4 is 11.7 Å². The van der Waals surface area contributed by atoms with Crippen molar-refractivity contribution in [1.29, 1.82) is 0 Å². The molecule has 0 heterocycles. The van der Waals surface area contributed by atoms with Gasteiger partial charge >= 0.3 is 5.97 Å². The van der Waals surface area contributed by atoms with Crippen LogP contribution in [0.1, 0.15) is 18.0 Å². The second-order valence-electron chi connectivity index (χ2n) is 2.83. The highest BCUT2D eigenvalue weighted by atomic mass is 16.4. The summed E-state index contributed by atoms with van der Waals surface area (Å²) in [5.41, 5.74) is 12.5. The van der Waals surface area contributed by atoms with Gasteiger partial charge in [-0.15, -0.1) is 0 Å². The number of nitrogens with two attached hydrogens (primary N) is 2. The minimum absolute atomic E-state index is 0.103. The maximum absolute atomic E-state index is 10.4. The zero-order chi connectivity index (χ0) is 9.84. The molecule has 0 fully saturated rings. The third-order valence-corrected chi connectivity index (χ3v) is 1.79. The van der Waals surface area contributed by atoms with Gasteiger partial charge in [-0.05, 0) is 11.6 Å². The number of nitrogen functional groups attached to an aromatic ring is 1. The minimum Gasteiger partial charge on any atom is -0.481 e. The monoisotopic (exact) mass is 180 g/mol. The summed E-state index contributed by atoms with van der Waals surface area (Å²) >= 11 is 0. The van der Waals surface area contributed by atoms with Gasteiger partial charge in [0, 0.05) is 11.7 Å². The molecule has 0 spiro atoms. The number of hydrogen-bond acceptors (Lipinski definition) is 3. The third kappa shape index (κ3) is 2.45. The number of anilines is 1. The van der Waals surface area contributed by atoms with Gasteiger partial charge in [0.05, 0.1) is 6.42 Å². The molecule has 0 saturated heterocycles. The van der Waals surface area contributed by atoms with Crippen LogP contribution in [0.2, 0.25) is 0 Å². The lowest BCUT2D eigenvalue weighted by atomic mass is 10.0. The number of para-hydroxylation sites is 1. The molecule has 1 aromatic carbocycles. The molecule has 0 aromatic heterocycles. The smallest absolute Gasteiger partial charge is 0.305 e. The van der Waals surface area contributed by atoms with E-state index in [1.807, 2.05) is 0 Å². The lowest BCUT2D eigenvalue weighted by Crippen LogP contribution is -2.16. The van der Waals surface area contributed by atoms with Crippen LogP contribution in [0, 0.1) is 0 Å². The molecule has 0 aliphatic rings. The van der Waals surface area contributed by atoms with Gasteiger partial charge in [0.15, 0.2) is 0 Å². The Morgan fingerprint density at radius 3 is 2.62 bits per heavy atom. The van der Waals surface area contributed by atoms with E-state index in [2.05, 4.69) is 0 Å². The van der Waals surface area contributed by atoms with Gasteiger partial charge in [-0.25, -0.2) is 0 Å². The van der Waals surface area contributed by atoms with Gasteiger partial charge in [-0.3, -0.25) is 4.79 Å². The molecule has 0 aliphatic carbocycles. The molecule has 1 atom stereocenters. The first-order chi connectivity index (χ1) is 6.11. The number of benzene rings is 1. The van der Waals surface area contributed by atoms with E-state index in [1.54, 1.807) is 24.3 Å². The predicted octanol–water partition coefficient (Wildman–Crippen LogP) is 0.743. The van der Waals surface area contributed by atoms with Gasteiger partial charge in [0.2, 0.25) is 0 Å². The van der Waals surface area contributed by atoms with Crippen LogP contribution in [0.5, 0.6) is 0 Å². The summed E-state index contributed by atoms with van der Waals surface area (Å²) in [7, 11) is 0. The summed E-state index contributed by atoms with van der Waals surface area (Å²) in [5.74, 6) is -0.921. The Morgan fingerprint density at radius 2 is 2.08 bits per heavy atom. The number of carbonyl (C=O) groups is 1. The van der Waals surface area contributed by atoms with Crippen LogP contribution in [0.25, 0.3) is 0 Å². The Morgan fingerprint density at radius 1 is 1.46 bits per heavy atom. The van der Waals surface area contributed by atoms with Crippen LogP contribution in [-0.2, 0) is 4.79 Å². The van der Waals surface area contributed by atoms with Crippen molar-refractivity contribution in [2.45, 2.75) is 12.5 Å². The van der Waals surface area contributed by atoms with E-state index >= 15 is 0 Å². The van der Waals surface area contributed by atoms with E-state index in [-0.39, 0.29) is 6.42 Å². The first kappa shape index (κ1) is 9.54. The van der Waals surface area contributed by atoms with Crippen LogP contribution in [0.3, 0.4) is 0 Å². The van der Waals surface area contributed by atoms with E-state index < -0.39 is 12.0 Å². The summed E-state index contributed by atoms with van der Waals surface area (Å²) in [6, 6.07) is 6.48. The molecule has 4 heteroatoms. The van der Waals surface area contributed by atoms with Crippen molar-refractivity contribution in [2.75, 3.05) is 5.73 Å². The average Bonchev–Trinajstić information content (AvgIpc) is 2.03. The molecule has 0 amide bonds. The number of hydrogen-bond donors (Lipinski definition) is 3. The number of rotatable bonds is 3. The summed E-state index contributed by atoms with van der Waals surface area (Å²) < 4.78 is 0. The highest BCUT2D eigenvalue weighted by molar-refractivity contribution is 5.68. The van der Waals surface area contributed by atoms with Gasteiger partial charge in [0.25, 0.3) is 0 Å². The fourth-order valence-corrected chi connectivity index (χ4v) is 1.15. The summed E-state index contributed by atoms with van der Waals surface area (Å²) in [6.45, 7) is 0. The fourth-order valence-electron chi connectivity index (χ4n) is 1.15. The van der Waals surface area contributed by atoms with Gasteiger partial charge in [0.1, 0.15) is 0 Å². The normalized spacial score (nSPS) is 12.4. The SMILES string of the molecule is Nc1ccccc1[C@H](N)CC(=O)O. The molecular weight excluding hydrogens is 168 g/mol. The molecule has 0 radical (unpaired) electrons. The standard InChI is InChI=1S/C9H12N2O2/c10-7-4-2-1-3-6(7)8(11)5-9(12)13/h1-4,8H,5,10-11H2,(H,12,13)/t8-/m1/s1. The quantitative estimate of drug-likeness (QED) is 0.598. The van der Waals surface area contributed by atoms with Crippen molar-refractivity contribution in [3.63, 3.8) is 0 Å². The molecule has 0 aliphatic heterocycles. The Hall–Kier alpha value is -1.55. The van der Waals surface area contributed by atoms with Crippen molar-refractivity contribution < 1.29 is 9.90 Å². The van der Waals surface area contributed by atoms with E-state index in [9.17, 15) is 4.79 Å². The number of aliphatic carboxylic acids is 1. The maximum atomic E-state index is 10.4. The molecule has 1 rings (SSSR count). The van der Waals surface area contributed by atoms with Crippen molar-refractivity contribution in [2.24, 2.45) is 5.73 Å².